The van der Waals surface area contributed by atoms with Crippen molar-refractivity contribution in [3.8, 4) is 6.07 Å². The molecule has 0 saturated heterocycles. The van der Waals surface area contributed by atoms with Gasteiger partial charge >= 0.3 is 11.9 Å². The van der Waals surface area contributed by atoms with Crippen molar-refractivity contribution in [3.05, 3.63) is 52.3 Å². The highest BCUT2D eigenvalue weighted by molar-refractivity contribution is 6.00. The summed E-state index contributed by atoms with van der Waals surface area (Å²) in [5.41, 5.74) is 2.16. The van der Waals surface area contributed by atoms with Crippen LogP contribution in [-0.4, -0.2) is 36.0 Å². The number of nitrogens with zero attached hydrogens (tertiary/aromatic N) is 1. The number of esters is 2. The number of hydrogen-bond donors (Lipinski definition) is 2. The number of aromatic amines is 1. The number of anilines is 1. The maximum Gasteiger partial charge on any atom is 0.355 e. The number of amides is 1. The minimum absolute atomic E-state index is 0.0888. The molecular formula is C19H19N3O5. The van der Waals surface area contributed by atoms with E-state index in [1.54, 1.807) is 38.1 Å². The third kappa shape index (κ3) is 4.33. The molecule has 0 saturated carbocycles. The molecule has 2 rings (SSSR count). The molecule has 27 heavy (non-hydrogen) atoms. The van der Waals surface area contributed by atoms with Gasteiger partial charge in [0, 0.05) is 11.4 Å². The summed E-state index contributed by atoms with van der Waals surface area (Å²) >= 11 is 0. The molecule has 0 aliphatic carbocycles. The molecule has 8 heteroatoms. The lowest BCUT2D eigenvalue weighted by Gasteiger charge is -2.13. The molecule has 0 fully saturated rings. The highest BCUT2D eigenvalue weighted by Crippen LogP contribution is 2.20. The highest BCUT2D eigenvalue weighted by atomic mass is 16.5. The number of carbonyl (C=O) groups is 3. The first kappa shape index (κ1) is 19.7. The first-order valence-corrected chi connectivity index (χ1v) is 8.08. The topological polar surface area (TPSA) is 121 Å². The summed E-state index contributed by atoms with van der Waals surface area (Å²) in [5, 5.41) is 11.4. The van der Waals surface area contributed by atoms with E-state index in [0.29, 0.717) is 22.5 Å². The van der Waals surface area contributed by atoms with Gasteiger partial charge in [-0.3, -0.25) is 4.79 Å². The van der Waals surface area contributed by atoms with Crippen molar-refractivity contribution >= 4 is 23.5 Å². The normalized spacial score (nSPS) is 11.2. The molecule has 0 aliphatic rings. The third-order valence-corrected chi connectivity index (χ3v) is 3.97. The average Bonchev–Trinajstić information content (AvgIpc) is 2.96. The van der Waals surface area contributed by atoms with Gasteiger partial charge in [-0.2, -0.15) is 5.26 Å². The number of methoxy groups -OCH3 is 1. The standard InChI is InChI=1S/C19H19N3O5/c1-10-15(18(24)26-4)11(2)21-16(10)19(25)27-12(3)17(23)22-14-7-5-13(9-20)6-8-14/h5-8,12,21H,1-4H3,(H,22,23)/t12-/m1/s1. The monoisotopic (exact) mass is 369 g/mol. The van der Waals surface area contributed by atoms with Gasteiger partial charge in [-0.1, -0.05) is 0 Å². The van der Waals surface area contributed by atoms with Gasteiger partial charge in [0.25, 0.3) is 5.91 Å². The lowest BCUT2D eigenvalue weighted by molar-refractivity contribution is -0.123. The minimum Gasteiger partial charge on any atom is -0.465 e. The van der Waals surface area contributed by atoms with E-state index < -0.39 is 23.9 Å². The molecule has 1 aromatic heterocycles. The van der Waals surface area contributed by atoms with Gasteiger partial charge in [-0.05, 0) is 50.6 Å². The lowest BCUT2D eigenvalue weighted by atomic mass is 10.1. The van der Waals surface area contributed by atoms with E-state index in [1.807, 2.05) is 6.07 Å². The number of nitriles is 1. The molecule has 2 aromatic rings. The average molecular weight is 369 g/mol. The number of nitrogens with one attached hydrogen (secondary N) is 2. The maximum absolute atomic E-state index is 12.4. The molecule has 0 aliphatic heterocycles. The Morgan fingerprint density at radius 3 is 2.33 bits per heavy atom. The quantitative estimate of drug-likeness (QED) is 0.781. The van der Waals surface area contributed by atoms with Crippen LogP contribution in [0.15, 0.2) is 24.3 Å². The maximum atomic E-state index is 12.4. The van der Waals surface area contributed by atoms with E-state index in [2.05, 4.69) is 10.3 Å². The van der Waals surface area contributed by atoms with Crippen molar-refractivity contribution in [2.75, 3.05) is 12.4 Å². The zero-order chi connectivity index (χ0) is 20.1. The number of carbonyl (C=O) groups excluding carboxylic acids is 3. The summed E-state index contributed by atoms with van der Waals surface area (Å²) in [6.45, 7) is 4.66. The van der Waals surface area contributed by atoms with Crippen LogP contribution in [0.2, 0.25) is 0 Å². The fourth-order valence-corrected chi connectivity index (χ4v) is 2.51. The molecule has 0 bridgehead atoms. The molecule has 2 N–H and O–H groups in total. The minimum atomic E-state index is -1.07. The van der Waals surface area contributed by atoms with Crippen LogP contribution in [0.1, 0.15) is 44.6 Å². The zero-order valence-electron chi connectivity index (χ0n) is 15.4. The van der Waals surface area contributed by atoms with E-state index in [4.69, 9.17) is 14.7 Å². The molecular weight excluding hydrogens is 350 g/mol. The Balaban J connectivity index is 2.07. The lowest BCUT2D eigenvalue weighted by Crippen LogP contribution is -2.30. The number of benzene rings is 1. The first-order valence-electron chi connectivity index (χ1n) is 8.08. The van der Waals surface area contributed by atoms with Crippen LogP contribution in [0.4, 0.5) is 5.69 Å². The van der Waals surface area contributed by atoms with Gasteiger partial charge in [-0.15, -0.1) is 0 Å². The number of hydrogen-bond acceptors (Lipinski definition) is 6. The summed E-state index contributed by atoms with van der Waals surface area (Å²) in [7, 11) is 1.25. The van der Waals surface area contributed by atoms with E-state index in [9.17, 15) is 14.4 Å². The van der Waals surface area contributed by atoms with Crippen LogP contribution < -0.4 is 5.32 Å². The highest BCUT2D eigenvalue weighted by Gasteiger charge is 2.26. The predicted octanol–water partition coefficient (Wildman–Crippen LogP) is 2.47. The number of H-pyrrole nitrogens is 1. The van der Waals surface area contributed by atoms with Gasteiger partial charge in [0.1, 0.15) is 5.69 Å². The molecule has 1 atom stereocenters. The summed E-state index contributed by atoms with van der Waals surface area (Å²) in [5.74, 6) is -1.85. The van der Waals surface area contributed by atoms with Gasteiger partial charge in [0.15, 0.2) is 6.10 Å². The first-order chi connectivity index (χ1) is 12.8. The molecule has 0 unspecified atom stereocenters. The molecule has 1 amide bonds. The van der Waals surface area contributed by atoms with E-state index in [1.165, 1.54) is 14.0 Å². The number of aromatic nitrogens is 1. The second-order valence-electron chi connectivity index (χ2n) is 5.84. The number of ether oxygens (including phenoxy) is 2. The molecule has 8 nitrogen and oxygen atoms in total. The second-order valence-corrected chi connectivity index (χ2v) is 5.84. The summed E-state index contributed by atoms with van der Waals surface area (Å²) in [6, 6.07) is 8.25. The Hall–Kier alpha value is -3.60. The van der Waals surface area contributed by atoms with Crippen LogP contribution in [0.3, 0.4) is 0 Å². The zero-order valence-corrected chi connectivity index (χ0v) is 15.4. The van der Waals surface area contributed by atoms with Gasteiger partial charge < -0.3 is 19.8 Å². The summed E-state index contributed by atoms with van der Waals surface area (Å²) in [4.78, 5) is 39.2. The SMILES string of the molecule is COC(=O)c1c(C)[nH]c(C(=O)O[C@H](C)C(=O)Nc2ccc(C#N)cc2)c1C. The fourth-order valence-electron chi connectivity index (χ4n) is 2.51. The molecule has 0 spiro atoms. The molecule has 0 radical (unpaired) electrons. The van der Waals surface area contributed by atoms with Crippen molar-refractivity contribution in [2.45, 2.75) is 26.9 Å². The van der Waals surface area contributed by atoms with Crippen molar-refractivity contribution in [2.24, 2.45) is 0 Å². The third-order valence-electron chi connectivity index (χ3n) is 3.97. The van der Waals surface area contributed by atoms with Crippen molar-refractivity contribution in [1.29, 1.82) is 5.26 Å². The van der Waals surface area contributed by atoms with Crippen LogP contribution in [0.5, 0.6) is 0 Å². The smallest absolute Gasteiger partial charge is 0.355 e. The summed E-state index contributed by atoms with van der Waals surface area (Å²) in [6.07, 6.45) is -1.07. The number of rotatable bonds is 5. The Morgan fingerprint density at radius 2 is 1.78 bits per heavy atom. The van der Waals surface area contributed by atoms with Gasteiger partial charge in [-0.25, -0.2) is 9.59 Å². The van der Waals surface area contributed by atoms with E-state index in [-0.39, 0.29) is 11.3 Å². The Morgan fingerprint density at radius 1 is 1.15 bits per heavy atom. The molecule has 1 aromatic carbocycles. The fraction of sp³-hybridized carbons (Fsp3) is 0.263. The van der Waals surface area contributed by atoms with E-state index >= 15 is 0 Å². The Kier molecular flexibility index (Phi) is 5.98. The summed E-state index contributed by atoms with van der Waals surface area (Å²) < 4.78 is 9.89. The Bertz CT molecular complexity index is 922. The largest absolute Gasteiger partial charge is 0.465 e. The van der Waals surface area contributed by atoms with Crippen LogP contribution in [0, 0.1) is 25.2 Å². The molecule has 1 heterocycles. The van der Waals surface area contributed by atoms with E-state index in [0.717, 1.165) is 0 Å². The van der Waals surface area contributed by atoms with Crippen LogP contribution in [-0.2, 0) is 14.3 Å². The van der Waals surface area contributed by atoms with Gasteiger partial charge in [0.05, 0.1) is 24.3 Å². The van der Waals surface area contributed by atoms with Crippen molar-refractivity contribution in [1.82, 2.24) is 4.98 Å². The van der Waals surface area contributed by atoms with Crippen LogP contribution in [0.25, 0.3) is 0 Å². The van der Waals surface area contributed by atoms with Gasteiger partial charge in [0.2, 0.25) is 0 Å². The predicted molar refractivity (Wildman–Crippen MR) is 96.3 cm³/mol. The van der Waals surface area contributed by atoms with Crippen molar-refractivity contribution in [3.63, 3.8) is 0 Å². The van der Waals surface area contributed by atoms with Crippen molar-refractivity contribution < 1.29 is 23.9 Å². The Labute approximate surface area is 156 Å². The second kappa shape index (κ2) is 8.19. The van der Waals surface area contributed by atoms with Crippen LogP contribution >= 0.6 is 0 Å². The number of aryl methyl sites for hydroxylation is 1. The molecule has 140 valence electrons.